The molecule has 0 heterocycles. The van der Waals surface area contributed by atoms with Crippen LogP contribution in [0.2, 0.25) is 0 Å². The van der Waals surface area contributed by atoms with Crippen LogP contribution >= 0.6 is 0 Å². The van der Waals surface area contributed by atoms with Crippen LogP contribution in [0.25, 0.3) is 11.1 Å². The number of hydrogen-bond acceptors (Lipinski definition) is 1. The minimum absolute atomic E-state index is 0.467. The molecule has 2 aromatic rings. The highest BCUT2D eigenvalue weighted by Gasteiger charge is 2.21. The lowest BCUT2D eigenvalue weighted by atomic mass is 9.95. The predicted molar refractivity (Wildman–Crippen MR) is 81.1 cm³/mol. The van der Waals surface area contributed by atoms with Crippen molar-refractivity contribution in [3.05, 3.63) is 58.7 Å². The van der Waals surface area contributed by atoms with Gasteiger partial charge in [-0.05, 0) is 49.4 Å². The van der Waals surface area contributed by atoms with Gasteiger partial charge >= 0.3 is 0 Å². The minimum Gasteiger partial charge on any atom is -0.310 e. The van der Waals surface area contributed by atoms with Crippen LogP contribution in [-0.2, 0) is 6.54 Å². The SMILES string of the molecule is Cc1ccc(CNC2CC2)c(-c2cc(C)c(F)cc2F)c1. The standard InChI is InChI=1S/C18H19F2N/c1-11-3-4-13(10-21-14-5-6-14)15(7-11)16-8-12(2)17(19)9-18(16)20/h3-4,7-9,14,21H,5-6,10H2,1-2H3. The van der Waals surface area contributed by atoms with Gasteiger partial charge in [0.15, 0.2) is 0 Å². The van der Waals surface area contributed by atoms with E-state index in [1.54, 1.807) is 13.0 Å². The first kappa shape index (κ1) is 14.2. The fraction of sp³-hybridized carbons (Fsp3) is 0.333. The molecular weight excluding hydrogens is 268 g/mol. The summed E-state index contributed by atoms with van der Waals surface area (Å²) in [5.41, 5.74) is 3.92. The molecule has 110 valence electrons. The van der Waals surface area contributed by atoms with Gasteiger partial charge in [-0.2, -0.15) is 0 Å². The molecule has 1 fully saturated rings. The lowest BCUT2D eigenvalue weighted by Gasteiger charge is -2.13. The molecule has 1 aliphatic carbocycles. The number of halogens is 2. The lowest BCUT2D eigenvalue weighted by Crippen LogP contribution is -2.16. The zero-order chi connectivity index (χ0) is 15.0. The zero-order valence-corrected chi connectivity index (χ0v) is 12.3. The summed E-state index contributed by atoms with van der Waals surface area (Å²) >= 11 is 0. The van der Waals surface area contributed by atoms with Gasteiger partial charge in [-0.25, -0.2) is 8.78 Å². The van der Waals surface area contributed by atoms with Gasteiger partial charge in [0.25, 0.3) is 0 Å². The van der Waals surface area contributed by atoms with Crippen molar-refractivity contribution < 1.29 is 8.78 Å². The average molecular weight is 287 g/mol. The topological polar surface area (TPSA) is 12.0 Å². The maximum absolute atomic E-state index is 14.2. The van der Waals surface area contributed by atoms with Crippen molar-refractivity contribution in [1.29, 1.82) is 0 Å². The number of benzene rings is 2. The molecule has 3 heteroatoms. The molecular formula is C18H19F2N. The molecule has 0 atom stereocenters. The Kier molecular flexibility index (Phi) is 3.77. The smallest absolute Gasteiger partial charge is 0.133 e. The van der Waals surface area contributed by atoms with Gasteiger partial charge in [-0.3, -0.25) is 0 Å². The van der Waals surface area contributed by atoms with Crippen LogP contribution < -0.4 is 5.32 Å². The van der Waals surface area contributed by atoms with E-state index in [0.29, 0.717) is 17.2 Å². The fourth-order valence-corrected chi connectivity index (χ4v) is 2.50. The van der Waals surface area contributed by atoms with Crippen molar-refractivity contribution in [2.24, 2.45) is 0 Å². The van der Waals surface area contributed by atoms with Crippen LogP contribution in [0.1, 0.15) is 29.5 Å². The Labute approximate surface area is 124 Å². The highest BCUT2D eigenvalue weighted by Crippen LogP contribution is 2.30. The van der Waals surface area contributed by atoms with E-state index in [-0.39, 0.29) is 0 Å². The average Bonchev–Trinajstić information content (AvgIpc) is 3.25. The van der Waals surface area contributed by atoms with Crippen LogP contribution in [0.3, 0.4) is 0 Å². The third-order valence-corrected chi connectivity index (χ3v) is 3.96. The van der Waals surface area contributed by atoms with Gasteiger partial charge in [0.2, 0.25) is 0 Å². The Balaban J connectivity index is 2.02. The van der Waals surface area contributed by atoms with Crippen molar-refractivity contribution >= 4 is 0 Å². The molecule has 0 unspecified atom stereocenters. The molecule has 1 aliphatic rings. The zero-order valence-electron chi connectivity index (χ0n) is 12.3. The maximum atomic E-state index is 14.2. The number of aryl methyl sites for hydroxylation is 2. The predicted octanol–water partition coefficient (Wildman–Crippen LogP) is 4.50. The first-order chi connectivity index (χ1) is 10.0. The van der Waals surface area contributed by atoms with Crippen LogP contribution in [-0.4, -0.2) is 6.04 Å². The van der Waals surface area contributed by atoms with Gasteiger partial charge in [-0.1, -0.05) is 23.8 Å². The van der Waals surface area contributed by atoms with E-state index in [2.05, 4.69) is 5.32 Å². The quantitative estimate of drug-likeness (QED) is 0.873. The number of hydrogen-bond donors (Lipinski definition) is 1. The third kappa shape index (κ3) is 3.13. The highest BCUT2D eigenvalue weighted by atomic mass is 19.1. The van der Waals surface area contributed by atoms with Gasteiger partial charge in [0.1, 0.15) is 11.6 Å². The summed E-state index contributed by atoms with van der Waals surface area (Å²) in [6.45, 7) is 4.36. The molecule has 21 heavy (non-hydrogen) atoms. The van der Waals surface area contributed by atoms with Crippen LogP contribution in [0.5, 0.6) is 0 Å². The second-order valence-electron chi connectivity index (χ2n) is 5.90. The van der Waals surface area contributed by atoms with Crippen LogP contribution in [0.4, 0.5) is 8.78 Å². The number of nitrogens with one attached hydrogen (secondary N) is 1. The summed E-state index contributed by atoms with van der Waals surface area (Å²) in [6.07, 6.45) is 2.43. The first-order valence-corrected chi connectivity index (χ1v) is 7.33. The molecule has 0 saturated heterocycles. The van der Waals surface area contributed by atoms with Crippen molar-refractivity contribution in [2.75, 3.05) is 0 Å². The van der Waals surface area contributed by atoms with Crippen molar-refractivity contribution in [2.45, 2.75) is 39.3 Å². The maximum Gasteiger partial charge on any atom is 0.133 e. The summed E-state index contributed by atoms with van der Waals surface area (Å²) in [7, 11) is 0. The summed E-state index contributed by atoms with van der Waals surface area (Å²) in [5, 5.41) is 3.45. The molecule has 0 radical (unpaired) electrons. The van der Waals surface area contributed by atoms with E-state index in [9.17, 15) is 8.78 Å². The van der Waals surface area contributed by atoms with E-state index < -0.39 is 11.6 Å². The summed E-state index contributed by atoms with van der Waals surface area (Å²) in [4.78, 5) is 0. The summed E-state index contributed by atoms with van der Waals surface area (Å²) < 4.78 is 27.6. The molecule has 1 nitrogen and oxygen atoms in total. The molecule has 1 saturated carbocycles. The van der Waals surface area contributed by atoms with E-state index in [1.807, 2.05) is 25.1 Å². The van der Waals surface area contributed by atoms with Crippen LogP contribution in [0, 0.1) is 25.5 Å². The molecule has 0 aromatic heterocycles. The fourth-order valence-electron chi connectivity index (χ4n) is 2.50. The van der Waals surface area contributed by atoms with Crippen LogP contribution in [0.15, 0.2) is 30.3 Å². The Hall–Kier alpha value is -1.74. The van der Waals surface area contributed by atoms with Gasteiger partial charge in [0, 0.05) is 24.2 Å². The Morgan fingerprint density at radius 1 is 1.00 bits per heavy atom. The van der Waals surface area contributed by atoms with Crippen molar-refractivity contribution in [3.8, 4) is 11.1 Å². The minimum atomic E-state index is -0.503. The monoisotopic (exact) mass is 287 g/mol. The first-order valence-electron chi connectivity index (χ1n) is 7.33. The molecule has 0 amide bonds. The van der Waals surface area contributed by atoms with Crippen molar-refractivity contribution in [1.82, 2.24) is 5.32 Å². The molecule has 0 spiro atoms. The summed E-state index contributed by atoms with van der Waals surface area (Å²) in [6, 6.07) is 9.20. The summed E-state index contributed by atoms with van der Waals surface area (Å²) in [5.74, 6) is -1.00. The molecule has 1 N–H and O–H groups in total. The van der Waals surface area contributed by atoms with E-state index in [0.717, 1.165) is 29.3 Å². The molecule has 2 aromatic carbocycles. The molecule has 0 aliphatic heterocycles. The van der Waals surface area contributed by atoms with E-state index >= 15 is 0 Å². The highest BCUT2D eigenvalue weighted by molar-refractivity contribution is 5.69. The Bertz CT molecular complexity index is 675. The van der Waals surface area contributed by atoms with E-state index in [1.165, 1.54) is 12.8 Å². The normalized spacial score (nSPS) is 14.5. The lowest BCUT2D eigenvalue weighted by molar-refractivity contribution is 0.579. The second-order valence-corrected chi connectivity index (χ2v) is 5.90. The molecule has 3 rings (SSSR count). The van der Waals surface area contributed by atoms with Crippen molar-refractivity contribution in [3.63, 3.8) is 0 Å². The largest absolute Gasteiger partial charge is 0.310 e. The number of rotatable bonds is 4. The second kappa shape index (κ2) is 5.57. The Morgan fingerprint density at radius 2 is 1.76 bits per heavy atom. The Morgan fingerprint density at radius 3 is 2.48 bits per heavy atom. The van der Waals surface area contributed by atoms with E-state index in [4.69, 9.17) is 0 Å². The van der Waals surface area contributed by atoms with Gasteiger partial charge in [0.05, 0.1) is 0 Å². The molecule has 0 bridgehead atoms. The van der Waals surface area contributed by atoms with Gasteiger partial charge in [-0.15, -0.1) is 0 Å². The van der Waals surface area contributed by atoms with Gasteiger partial charge < -0.3 is 5.32 Å². The third-order valence-electron chi connectivity index (χ3n) is 3.96.